The monoisotopic (exact) mass is 1110 g/mol. The summed E-state index contributed by atoms with van der Waals surface area (Å²) in [5.41, 5.74) is 0. The number of allylic oxidation sites excluding steroid dienone is 8. The number of carbonyl (C=O) groups is 3. The Hall–Kier alpha value is -2.63. The summed E-state index contributed by atoms with van der Waals surface area (Å²) in [6, 6.07) is 0. The van der Waals surface area contributed by atoms with Gasteiger partial charge in [-0.3, -0.25) is 14.4 Å². The van der Waals surface area contributed by atoms with E-state index in [1.54, 1.807) is 0 Å². The van der Waals surface area contributed by atoms with E-state index in [-0.39, 0.29) is 31.1 Å². The minimum absolute atomic E-state index is 0.0647. The Balaban J connectivity index is 3.99. The van der Waals surface area contributed by atoms with Crippen LogP contribution in [0.2, 0.25) is 0 Å². The third-order valence-electron chi connectivity index (χ3n) is 15.8. The molecule has 1 atom stereocenters. The first-order chi connectivity index (χ1) is 39.0. The van der Waals surface area contributed by atoms with Gasteiger partial charge in [-0.25, -0.2) is 0 Å². The van der Waals surface area contributed by atoms with Crippen LogP contribution >= 0.6 is 0 Å². The van der Waals surface area contributed by atoms with Gasteiger partial charge in [-0.2, -0.15) is 0 Å². The molecular formula is C73H134O6. The summed E-state index contributed by atoms with van der Waals surface area (Å²) < 4.78 is 16.9. The number of esters is 3. The van der Waals surface area contributed by atoms with E-state index >= 15 is 0 Å². The van der Waals surface area contributed by atoms with Crippen molar-refractivity contribution in [2.75, 3.05) is 13.2 Å². The molecule has 6 heteroatoms. The van der Waals surface area contributed by atoms with Crippen molar-refractivity contribution >= 4 is 17.9 Å². The van der Waals surface area contributed by atoms with Crippen molar-refractivity contribution in [3.8, 4) is 0 Å². The van der Waals surface area contributed by atoms with Crippen LogP contribution in [-0.4, -0.2) is 37.2 Å². The van der Waals surface area contributed by atoms with Crippen LogP contribution in [0, 0.1) is 0 Å². The zero-order valence-electron chi connectivity index (χ0n) is 53.2. The molecule has 0 fully saturated rings. The van der Waals surface area contributed by atoms with Crippen molar-refractivity contribution in [1.29, 1.82) is 0 Å². The number of rotatable bonds is 65. The van der Waals surface area contributed by atoms with Gasteiger partial charge in [-0.1, -0.05) is 352 Å². The molecule has 1 unspecified atom stereocenters. The second-order valence-electron chi connectivity index (χ2n) is 23.8. The van der Waals surface area contributed by atoms with Crippen molar-refractivity contribution in [3.05, 3.63) is 48.6 Å². The quantitative estimate of drug-likeness (QED) is 0.0261. The average molecular weight is 1110 g/mol. The third-order valence-corrected chi connectivity index (χ3v) is 15.8. The van der Waals surface area contributed by atoms with Gasteiger partial charge in [-0.05, 0) is 57.8 Å². The van der Waals surface area contributed by atoms with Crippen molar-refractivity contribution in [2.24, 2.45) is 0 Å². The lowest BCUT2D eigenvalue weighted by Gasteiger charge is -2.18. The lowest BCUT2D eigenvalue weighted by molar-refractivity contribution is -0.167. The molecule has 0 amide bonds. The van der Waals surface area contributed by atoms with Gasteiger partial charge in [0.05, 0.1) is 0 Å². The Bertz CT molecular complexity index is 1360. The lowest BCUT2D eigenvalue weighted by Crippen LogP contribution is -2.30. The molecule has 0 spiro atoms. The molecule has 79 heavy (non-hydrogen) atoms. The predicted octanol–water partition coefficient (Wildman–Crippen LogP) is 24.1. The fourth-order valence-electron chi connectivity index (χ4n) is 10.6. The van der Waals surface area contributed by atoms with E-state index in [9.17, 15) is 14.4 Å². The van der Waals surface area contributed by atoms with Crippen LogP contribution in [0.15, 0.2) is 48.6 Å². The second-order valence-corrected chi connectivity index (χ2v) is 23.8. The zero-order chi connectivity index (χ0) is 57.1. The largest absolute Gasteiger partial charge is 0.462 e. The van der Waals surface area contributed by atoms with Crippen LogP contribution in [-0.2, 0) is 28.6 Å². The minimum Gasteiger partial charge on any atom is -0.462 e. The third kappa shape index (κ3) is 66.1. The minimum atomic E-state index is -0.765. The van der Waals surface area contributed by atoms with E-state index in [1.165, 1.54) is 257 Å². The van der Waals surface area contributed by atoms with Crippen LogP contribution in [0.3, 0.4) is 0 Å². The smallest absolute Gasteiger partial charge is 0.306 e. The van der Waals surface area contributed by atoms with E-state index in [0.29, 0.717) is 19.3 Å². The summed E-state index contributed by atoms with van der Waals surface area (Å²) in [7, 11) is 0. The molecule has 0 aromatic carbocycles. The maximum absolute atomic E-state index is 12.9. The highest BCUT2D eigenvalue weighted by molar-refractivity contribution is 5.71. The molecule has 0 aliphatic heterocycles. The molecule has 0 aromatic rings. The SMILES string of the molecule is CC/C=C\C/C=C\C/C=C\C/C=C\CCCCCCCCCCCCCCCCCCCCCCCCC(=O)OCC(COC(=O)CCCCCCCCCCC)OC(=O)CCCCCCCCCCCCCCCCCCC. The molecule has 0 saturated carbocycles. The molecule has 0 saturated heterocycles. The van der Waals surface area contributed by atoms with Crippen LogP contribution in [0.4, 0.5) is 0 Å². The van der Waals surface area contributed by atoms with Gasteiger partial charge in [0.25, 0.3) is 0 Å². The first-order valence-corrected chi connectivity index (χ1v) is 35.1. The van der Waals surface area contributed by atoms with Gasteiger partial charge in [0, 0.05) is 19.3 Å². The number of ether oxygens (including phenoxy) is 3. The Labute approximate surface area is 492 Å². The molecular weight excluding hydrogens is 973 g/mol. The van der Waals surface area contributed by atoms with Gasteiger partial charge in [0.2, 0.25) is 0 Å². The highest BCUT2D eigenvalue weighted by atomic mass is 16.6. The standard InChI is InChI=1S/C73H134O6/c1-4-7-10-13-16-19-21-23-25-27-28-29-30-31-32-33-34-35-36-37-38-39-40-41-42-43-44-46-47-49-51-54-57-60-63-66-72(75)78-69-70(68-77-71(74)65-62-59-56-53-18-15-12-9-6-3)79-73(76)67-64-61-58-55-52-50-48-45-26-24-22-20-17-14-11-8-5-2/h7,10,16,19,23,25,28-29,70H,4-6,8-9,11-15,17-18,20-22,24,26-27,30-69H2,1-3H3/b10-7-,19-16-,25-23-,29-28-. The fraction of sp³-hybridized carbons (Fsp3) is 0.849. The molecule has 0 aliphatic rings. The molecule has 0 heterocycles. The maximum Gasteiger partial charge on any atom is 0.306 e. The normalized spacial score (nSPS) is 12.3. The average Bonchev–Trinajstić information content (AvgIpc) is 3.45. The first kappa shape index (κ1) is 76.4. The van der Waals surface area contributed by atoms with E-state index < -0.39 is 6.10 Å². The molecule has 0 N–H and O–H groups in total. The molecule has 0 radical (unpaired) electrons. The Morgan fingerprint density at radius 3 is 0.772 bits per heavy atom. The summed E-state index contributed by atoms with van der Waals surface area (Å²) in [6.45, 7) is 6.57. The van der Waals surface area contributed by atoms with Crippen LogP contribution in [0.5, 0.6) is 0 Å². The van der Waals surface area contributed by atoms with Gasteiger partial charge in [0.15, 0.2) is 6.10 Å². The number of unbranched alkanes of at least 4 members (excludes halogenated alkanes) is 46. The molecule has 0 bridgehead atoms. The summed E-state index contributed by atoms with van der Waals surface area (Å²) in [6.07, 6.45) is 86.0. The number of hydrogen-bond acceptors (Lipinski definition) is 6. The Morgan fingerprint density at radius 1 is 0.266 bits per heavy atom. The molecule has 0 aromatic heterocycles. The van der Waals surface area contributed by atoms with Crippen molar-refractivity contribution in [2.45, 2.75) is 386 Å². The number of hydrogen-bond donors (Lipinski definition) is 0. The Kier molecular flexibility index (Phi) is 65.6. The van der Waals surface area contributed by atoms with Gasteiger partial charge >= 0.3 is 17.9 Å². The van der Waals surface area contributed by atoms with E-state index in [4.69, 9.17) is 14.2 Å². The van der Waals surface area contributed by atoms with E-state index in [2.05, 4.69) is 69.4 Å². The summed E-state index contributed by atoms with van der Waals surface area (Å²) in [5, 5.41) is 0. The van der Waals surface area contributed by atoms with Gasteiger partial charge in [0.1, 0.15) is 13.2 Å². The lowest BCUT2D eigenvalue weighted by atomic mass is 10.0. The maximum atomic E-state index is 12.9. The van der Waals surface area contributed by atoms with Gasteiger partial charge in [-0.15, -0.1) is 0 Å². The number of carbonyl (C=O) groups excluding carboxylic acids is 3. The van der Waals surface area contributed by atoms with Crippen LogP contribution < -0.4 is 0 Å². The summed E-state index contributed by atoms with van der Waals surface area (Å²) in [4.78, 5) is 38.2. The fourth-order valence-corrected chi connectivity index (χ4v) is 10.6. The van der Waals surface area contributed by atoms with Gasteiger partial charge < -0.3 is 14.2 Å². The van der Waals surface area contributed by atoms with E-state index in [1.807, 2.05) is 0 Å². The highest BCUT2D eigenvalue weighted by Gasteiger charge is 2.19. The van der Waals surface area contributed by atoms with Crippen molar-refractivity contribution < 1.29 is 28.6 Å². The van der Waals surface area contributed by atoms with Crippen LogP contribution in [0.25, 0.3) is 0 Å². The molecule has 0 aliphatic carbocycles. The van der Waals surface area contributed by atoms with E-state index in [0.717, 1.165) is 83.5 Å². The molecule has 462 valence electrons. The summed E-state index contributed by atoms with van der Waals surface area (Å²) in [5.74, 6) is -0.839. The first-order valence-electron chi connectivity index (χ1n) is 35.1. The van der Waals surface area contributed by atoms with Crippen LogP contribution in [0.1, 0.15) is 380 Å². The molecule has 6 nitrogen and oxygen atoms in total. The Morgan fingerprint density at radius 2 is 0.494 bits per heavy atom. The second kappa shape index (κ2) is 67.9. The summed E-state index contributed by atoms with van der Waals surface area (Å²) >= 11 is 0. The topological polar surface area (TPSA) is 78.9 Å². The van der Waals surface area contributed by atoms with Crippen molar-refractivity contribution in [3.63, 3.8) is 0 Å². The zero-order valence-corrected chi connectivity index (χ0v) is 53.2. The van der Waals surface area contributed by atoms with Crippen molar-refractivity contribution in [1.82, 2.24) is 0 Å². The molecule has 0 rings (SSSR count). The predicted molar refractivity (Wildman–Crippen MR) is 344 cm³/mol. The highest BCUT2D eigenvalue weighted by Crippen LogP contribution is 2.19.